The minimum absolute atomic E-state index is 0.00106. The van der Waals surface area contributed by atoms with Crippen LogP contribution in [0.15, 0.2) is 47.3 Å². The summed E-state index contributed by atoms with van der Waals surface area (Å²) < 4.78 is 0.680. The van der Waals surface area contributed by atoms with Gasteiger partial charge in [-0.1, -0.05) is 19.1 Å². The number of hydrogen-bond donors (Lipinski definition) is 1. The van der Waals surface area contributed by atoms with Gasteiger partial charge in [-0.25, -0.2) is 15.0 Å². The number of carbonyl (C=O) groups excluding carboxylic acids is 3. The lowest BCUT2D eigenvalue weighted by Crippen LogP contribution is -2.44. The molecule has 2 aromatic heterocycles. The molecule has 1 saturated heterocycles. The fourth-order valence-electron chi connectivity index (χ4n) is 5.33. The molecule has 1 aliphatic heterocycles. The molecular formula is C28H28BrN5O3. The summed E-state index contributed by atoms with van der Waals surface area (Å²) in [6, 6.07) is 8.52. The second-order valence-corrected chi connectivity index (χ2v) is 11.2. The smallest absolute Gasteiger partial charge is 0.248 e. The quantitative estimate of drug-likeness (QED) is 0.438. The second-order valence-electron chi connectivity index (χ2n) is 10.4. The van der Waals surface area contributed by atoms with Gasteiger partial charge in [0.2, 0.25) is 11.8 Å². The fourth-order valence-corrected chi connectivity index (χ4v) is 5.67. The molecule has 2 amide bonds. The summed E-state index contributed by atoms with van der Waals surface area (Å²) in [6.45, 7) is 5.86. The zero-order valence-corrected chi connectivity index (χ0v) is 22.6. The summed E-state index contributed by atoms with van der Waals surface area (Å²) >= 11 is 3.38. The van der Waals surface area contributed by atoms with Crippen molar-refractivity contribution in [1.82, 2.24) is 19.9 Å². The van der Waals surface area contributed by atoms with Crippen LogP contribution < -0.4 is 5.73 Å². The van der Waals surface area contributed by atoms with E-state index < -0.39 is 11.9 Å². The predicted octanol–water partition coefficient (Wildman–Crippen LogP) is 3.75. The van der Waals surface area contributed by atoms with E-state index in [1.807, 2.05) is 25.1 Å². The Bertz CT molecular complexity index is 1420. The molecule has 190 valence electrons. The van der Waals surface area contributed by atoms with E-state index >= 15 is 0 Å². The number of ketones is 1. The molecule has 1 aromatic carbocycles. The number of nitrogens with two attached hydrogens (primary N) is 1. The molecule has 1 aliphatic carbocycles. The summed E-state index contributed by atoms with van der Waals surface area (Å²) in [5, 5.41) is 0. The number of pyridine rings is 1. The van der Waals surface area contributed by atoms with Crippen molar-refractivity contribution in [3.63, 3.8) is 0 Å². The maximum Gasteiger partial charge on any atom is 0.248 e. The summed E-state index contributed by atoms with van der Waals surface area (Å²) in [5.74, 6) is -0.0739. The van der Waals surface area contributed by atoms with Gasteiger partial charge >= 0.3 is 0 Å². The monoisotopic (exact) mass is 561 g/mol. The first-order valence-corrected chi connectivity index (χ1v) is 13.0. The van der Waals surface area contributed by atoms with Crippen LogP contribution in [0.25, 0.3) is 11.1 Å². The molecule has 0 radical (unpaired) electrons. The van der Waals surface area contributed by atoms with Gasteiger partial charge in [0.25, 0.3) is 0 Å². The van der Waals surface area contributed by atoms with E-state index in [1.165, 1.54) is 0 Å². The molecule has 3 heterocycles. The third-order valence-corrected chi connectivity index (χ3v) is 7.99. The van der Waals surface area contributed by atoms with Gasteiger partial charge in [0.15, 0.2) is 5.78 Å². The Morgan fingerprint density at radius 2 is 1.78 bits per heavy atom. The number of halogens is 1. The number of carbonyl (C=O) groups is 3. The summed E-state index contributed by atoms with van der Waals surface area (Å²) in [7, 11) is 0. The number of piperidine rings is 1. The Balaban J connectivity index is 1.40. The van der Waals surface area contributed by atoms with Crippen LogP contribution in [-0.4, -0.2) is 49.5 Å². The molecule has 1 saturated carbocycles. The van der Waals surface area contributed by atoms with E-state index in [2.05, 4.69) is 37.8 Å². The van der Waals surface area contributed by atoms with Gasteiger partial charge in [-0.3, -0.25) is 14.4 Å². The number of likely N-dealkylation sites (tertiary alicyclic amines) is 1. The highest BCUT2D eigenvalue weighted by Crippen LogP contribution is 2.59. The van der Waals surface area contributed by atoms with Crippen molar-refractivity contribution in [2.24, 2.45) is 11.1 Å². The third-order valence-electron chi connectivity index (χ3n) is 7.55. The number of aromatic nitrogens is 3. The first kappa shape index (κ1) is 25.2. The van der Waals surface area contributed by atoms with Crippen LogP contribution in [0, 0.1) is 19.3 Å². The van der Waals surface area contributed by atoms with E-state index in [0.29, 0.717) is 33.5 Å². The largest absolute Gasteiger partial charge is 0.366 e. The number of benzene rings is 1. The van der Waals surface area contributed by atoms with Gasteiger partial charge in [0.1, 0.15) is 10.4 Å². The normalized spacial score (nSPS) is 22.0. The van der Waals surface area contributed by atoms with Crippen molar-refractivity contribution < 1.29 is 14.4 Å². The van der Waals surface area contributed by atoms with Crippen LogP contribution in [-0.2, 0) is 22.4 Å². The lowest BCUT2D eigenvalue weighted by Gasteiger charge is -2.27. The van der Waals surface area contributed by atoms with Crippen LogP contribution in [0.4, 0.5) is 0 Å². The van der Waals surface area contributed by atoms with Gasteiger partial charge in [-0.05, 0) is 82.9 Å². The lowest BCUT2D eigenvalue weighted by atomic mass is 9.95. The van der Waals surface area contributed by atoms with E-state index in [9.17, 15) is 14.4 Å². The van der Waals surface area contributed by atoms with Crippen molar-refractivity contribution >= 4 is 33.5 Å². The standard InChI is InChI=1S/C28H28BrN5O3/c1-15-4-5-25(29)33-21(15)10-23(35)22-11-28(3)12-24(28)34(22)26(36)8-17-6-18(9-19(7-17)27(30)37)20-13-31-16(2)32-14-20/h4-7,9,13-14,22,24H,8,10-12H2,1-3H3,(H2,30,37)/t22-,24+,28-/m0/s1. The second kappa shape index (κ2) is 9.45. The van der Waals surface area contributed by atoms with Crippen molar-refractivity contribution in [3.05, 3.63) is 75.5 Å². The highest BCUT2D eigenvalue weighted by molar-refractivity contribution is 9.10. The highest BCUT2D eigenvalue weighted by Gasteiger charge is 2.64. The molecule has 2 fully saturated rings. The lowest BCUT2D eigenvalue weighted by molar-refractivity contribution is -0.138. The van der Waals surface area contributed by atoms with Crippen LogP contribution in [0.5, 0.6) is 0 Å². The van der Waals surface area contributed by atoms with E-state index in [1.54, 1.807) is 36.4 Å². The molecule has 3 atom stereocenters. The third kappa shape index (κ3) is 5.05. The van der Waals surface area contributed by atoms with Gasteiger partial charge in [-0.2, -0.15) is 0 Å². The van der Waals surface area contributed by atoms with Crippen molar-refractivity contribution in [3.8, 4) is 11.1 Å². The first-order chi connectivity index (χ1) is 17.5. The maximum atomic E-state index is 13.7. The first-order valence-electron chi connectivity index (χ1n) is 12.2. The van der Waals surface area contributed by atoms with Crippen molar-refractivity contribution in [2.75, 3.05) is 0 Å². The number of nitrogens with zero attached hydrogens (tertiary/aromatic N) is 4. The zero-order chi connectivity index (χ0) is 26.5. The number of amides is 2. The minimum atomic E-state index is -0.579. The molecule has 5 rings (SSSR count). The summed E-state index contributed by atoms with van der Waals surface area (Å²) in [5.41, 5.74) is 9.62. The van der Waals surface area contributed by atoms with Gasteiger partial charge in [0, 0.05) is 29.6 Å². The van der Waals surface area contributed by atoms with Crippen LogP contribution in [0.1, 0.15) is 52.8 Å². The van der Waals surface area contributed by atoms with Crippen LogP contribution in [0.3, 0.4) is 0 Å². The average molecular weight is 562 g/mol. The maximum absolute atomic E-state index is 13.7. The topological polar surface area (TPSA) is 119 Å². The molecule has 37 heavy (non-hydrogen) atoms. The molecular weight excluding hydrogens is 534 g/mol. The van der Waals surface area contributed by atoms with E-state index in [0.717, 1.165) is 23.2 Å². The number of hydrogen-bond acceptors (Lipinski definition) is 6. The molecule has 8 nitrogen and oxygen atoms in total. The highest BCUT2D eigenvalue weighted by atomic mass is 79.9. The average Bonchev–Trinajstić information content (AvgIpc) is 3.41. The molecule has 0 bridgehead atoms. The number of Topliss-reactive ketones (excluding diaryl/α,β-unsaturated/α-hetero) is 1. The molecule has 0 spiro atoms. The SMILES string of the molecule is Cc1ncc(-c2cc(CC(=O)N3[C@H](C(=O)Cc4nc(Br)ccc4C)C[C@@]4(C)C[C@@H]34)cc(C(N)=O)c2)cn1. The molecule has 2 N–H and O–H groups in total. The molecule has 9 heteroatoms. The Hall–Kier alpha value is -3.46. The zero-order valence-electron chi connectivity index (χ0n) is 21.0. The Morgan fingerprint density at radius 3 is 2.49 bits per heavy atom. The summed E-state index contributed by atoms with van der Waals surface area (Å²) in [6.07, 6.45) is 5.14. The minimum Gasteiger partial charge on any atom is -0.366 e. The van der Waals surface area contributed by atoms with E-state index in [4.69, 9.17) is 5.73 Å². The van der Waals surface area contributed by atoms with Gasteiger partial charge in [0.05, 0.1) is 24.6 Å². The number of primary amides is 1. The molecule has 0 unspecified atom stereocenters. The molecule has 2 aliphatic rings. The predicted molar refractivity (Wildman–Crippen MR) is 142 cm³/mol. The Labute approximate surface area is 223 Å². The van der Waals surface area contributed by atoms with Crippen molar-refractivity contribution in [2.45, 2.75) is 58.5 Å². The Kier molecular flexibility index (Phi) is 6.43. The van der Waals surface area contributed by atoms with E-state index in [-0.39, 0.29) is 36.0 Å². The number of rotatable bonds is 7. The van der Waals surface area contributed by atoms with Crippen LogP contribution in [0.2, 0.25) is 0 Å². The number of aryl methyl sites for hydroxylation is 2. The van der Waals surface area contributed by atoms with Gasteiger partial charge < -0.3 is 10.6 Å². The fraction of sp³-hybridized carbons (Fsp3) is 0.357. The van der Waals surface area contributed by atoms with Crippen LogP contribution >= 0.6 is 15.9 Å². The Morgan fingerprint density at radius 1 is 1.05 bits per heavy atom. The van der Waals surface area contributed by atoms with Crippen molar-refractivity contribution in [1.29, 1.82) is 0 Å². The van der Waals surface area contributed by atoms with Gasteiger partial charge in [-0.15, -0.1) is 0 Å². The molecule has 3 aromatic rings. The number of fused-ring (bicyclic) bond motifs is 1. The summed E-state index contributed by atoms with van der Waals surface area (Å²) in [4.78, 5) is 53.9.